The van der Waals surface area contributed by atoms with Crippen molar-refractivity contribution in [1.29, 1.82) is 0 Å². The highest BCUT2D eigenvalue weighted by Gasteiger charge is 2.19. The minimum atomic E-state index is -0.786. The lowest BCUT2D eigenvalue weighted by molar-refractivity contribution is -0.167. The van der Waals surface area contributed by atoms with Gasteiger partial charge in [0.05, 0.1) is 0 Å². The van der Waals surface area contributed by atoms with E-state index in [1.807, 2.05) is 0 Å². The molecule has 0 aromatic carbocycles. The van der Waals surface area contributed by atoms with E-state index in [2.05, 4.69) is 93.7 Å². The van der Waals surface area contributed by atoms with Crippen LogP contribution in [0.15, 0.2) is 72.9 Å². The summed E-state index contributed by atoms with van der Waals surface area (Å²) >= 11 is 0. The van der Waals surface area contributed by atoms with Crippen molar-refractivity contribution < 1.29 is 28.6 Å². The van der Waals surface area contributed by atoms with Crippen LogP contribution in [0.5, 0.6) is 0 Å². The Labute approximate surface area is 453 Å². The maximum absolute atomic E-state index is 12.9. The summed E-state index contributed by atoms with van der Waals surface area (Å²) in [6.07, 6.45) is 79.0. The molecule has 0 aliphatic heterocycles. The van der Waals surface area contributed by atoms with Gasteiger partial charge in [-0.1, -0.05) is 261 Å². The molecule has 0 aromatic rings. The Morgan fingerprint density at radius 2 is 0.534 bits per heavy atom. The van der Waals surface area contributed by atoms with Crippen molar-refractivity contribution in [3.8, 4) is 0 Å². The second kappa shape index (κ2) is 61.4. The molecule has 0 saturated carbocycles. The number of carbonyl (C=O) groups excluding carboxylic acids is 3. The van der Waals surface area contributed by atoms with Crippen LogP contribution in [0.3, 0.4) is 0 Å². The second-order valence-corrected chi connectivity index (χ2v) is 20.9. The monoisotopic (exact) mass is 1020 g/mol. The van der Waals surface area contributed by atoms with E-state index in [1.54, 1.807) is 0 Å². The molecule has 1 atom stereocenters. The van der Waals surface area contributed by atoms with Gasteiger partial charge in [-0.3, -0.25) is 14.4 Å². The van der Waals surface area contributed by atoms with E-state index in [4.69, 9.17) is 14.2 Å². The average Bonchev–Trinajstić information content (AvgIpc) is 3.39. The maximum Gasteiger partial charge on any atom is 0.306 e. The summed E-state index contributed by atoms with van der Waals surface area (Å²) in [6.45, 7) is 6.53. The molecule has 0 saturated heterocycles. The predicted octanol–water partition coefficient (Wildman–Crippen LogP) is 21.3. The van der Waals surface area contributed by atoms with Gasteiger partial charge in [0.25, 0.3) is 0 Å². The molecule has 0 spiro atoms. The number of hydrogen-bond acceptors (Lipinski definition) is 6. The largest absolute Gasteiger partial charge is 0.462 e. The van der Waals surface area contributed by atoms with Gasteiger partial charge in [0.1, 0.15) is 13.2 Å². The highest BCUT2D eigenvalue weighted by Crippen LogP contribution is 2.16. The van der Waals surface area contributed by atoms with Crippen molar-refractivity contribution in [2.24, 2.45) is 0 Å². The lowest BCUT2D eigenvalue weighted by Crippen LogP contribution is -2.30. The van der Waals surface area contributed by atoms with Gasteiger partial charge in [-0.25, -0.2) is 0 Å². The van der Waals surface area contributed by atoms with E-state index in [0.29, 0.717) is 19.3 Å². The Morgan fingerprint density at radius 1 is 0.288 bits per heavy atom. The third kappa shape index (κ3) is 59.6. The third-order valence-corrected chi connectivity index (χ3v) is 13.7. The Hall–Kier alpha value is -3.15. The average molecular weight is 1020 g/mol. The van der Waals surface area contributed by atoms with Crippen LogP contribution < -0.4 is 0 Å². The van der Waals surface area contributed by atoms with E-state index in [-0.39, 0.29) is 31.1 Å². The van der Waals surface area contributed by atoms with Gasteiger partial charge in [0.15, 0.2) is 6.10 Å². The fourth-order valence-electron chi connectivity index (χ4n) is 8.95. The molecule has 1 unspecified atom stereocenters. The number of rotatable bonds is 57. The van der Waals surface area contributed by atoms with Crippen LogP contribution in [0.4, 0.5) is 0 Å². The molecule has 0 aliphatic carbocycles. The van der Waals surface area contributed by atoms with E-state index in [9.17, 15) is 14.4 Å². The Morgan fingerprint density at radius 3 is 0.849 bits per heavy atom. The van der Waals surface area contributed by atoms with Gasteiger partial charge in [0.2, 0.25) is 0 Å². The standard InChI is InChI=1S/C67H118O6/c1-4-7-10-13-16-19-22-25-28-30-31-32-33-34-35-37-39-42-45-48-51-54-57-60-66(69)72-63-64(62-71-65(68)59-56-53-50-47-44-41-38-27-24-21-18-15-12-9-6-3)73-67(70)61-58-55-52-49-46-43-40-36-29-26-23-20-17-14-11-8-5-2/h8,11,17,20,22,25-27,29-31,38,64H,4-7,9-10,12-16,18-19,21,23-24,28,32-37,39-63H2,1-3H3/b11-8-,20-17-,25-22-,29-26-,31-30-,38-27-. The molecule has 0 radical (unpaired) electrons. The molecule has 73 heavy (non-hydrogen) atoms. The summed E-state index contributed by atoms with van der Waals surface area (Å²) in [5.74, 6) is -0.889. The molecule has 0 N–H and O–H groups in total. The molecule has 0 fully saturated rings. The first-order valence-corrected chi connectivity index (χ1v) is 31.4. The molecular weight excluding hydrogens is 901 g/mol. The van der Waals surface area contributed by atoms with Gasteiger partial charge >= 0.3 is 17.9 Å². The minimum absolute atomic E-state index is 0.0819. The van der Waals surface area contributed by atoms with Crippen molar-refractivity contribution >= 4 is 17.9 Å². The van der Waals surface area contributed by atoms with Gasteiger partial charge in [-0.15, -0.1) is 0 Å². The quantitative estimate of drug-likeness (QED) is 0.0261. The molecule has 0 heterocycles. The summed E-state index contributed by atoms with van der Waals surface area (Å²) in [5.41, 5.74) is 0. The van der Waals surface area contributed by atoms with Gasteiger partial charge < -0.3 is 14.2 Å². The lowest BCUT2D eigenvalue weighted by atomic mass is 10.0. The number of esters is 3. The molecule has 0 aliphatic rings. The van der Waals surface area contributed by atoms with E-state index in [0.717, 1.165) is 96.3 Å². The Kier molecular flexibility index (Phi) is 58.7. The second-order valence-electron chi connectivity index (χ2n) is 20.9. The molecule has 0 aromatic heterocycles. The molecular formula is C67H118O6. The smallest absolute Gasteiger partial charge is 0.306 e. The zero-order valence-corrected chi connectivity index (χ0v) is 48.4. The third-order valence-electron chi connectivity index (χ3n) is 13.7. The predicted molar refractivity (Wildman–Crippen MR) is 316 cm³/mol. The van der Waals surface area contributed by atoms with Crippen LogP contribution in [0, 0.1) is 0 Å². The summed E-state index contributed by atoms with van der Waals surface area (Å²) in [4.78, 5) is 38.3. The van der Waals surface area contributed by atoms with Crippen molar-refractivity contribution in [2.75, 3.05) is 13.2 Å². The highest BCUT2D eigenvalue weighted by atomic mass is 16.6. The first-order chi connectivity index (χ1) is 36.0. The van der Waals surface area contributed by atoms with E-state index >= 15 is 0 Å². The molecule has 0 bridgehead atoms. The van der Waals surface area contributed by atoms with Crippen LogP contribution in [-0.4, -0.2) is 37.2 Å². The molecule has 6 heteroatoms. The number of allylic oxidation sites excluding steroid dienone is 12. The molecule has 0 amide bonds. The first kappa shape index (κ1) is 69.8. The molecule has 6 nitrogen and oxygen atoms in total. The zero-order valence-electron chi connectivity index (χ0n) is 48.4. The zero-order chi connectivity index (χ0) is 52.9. The fraction of sp³-hybridized carbons (Fsp3) is 0.776. The lowest BCUT2D eigenvalue weighted by Gasteiger charge is -2.18. The highest BCUT2D eigenvalue weighted by molar-refractivity contribution is 5.71. The molecule has 422 valence electrons. The Balaban J connectivity index is 4.35. The van der Waals surface area contributed by atoms with Gasteiger partial charge in [-0.2, -0.15) is 0 Å². The number of carbonyl (C=O) groups is 3. The minimum Gasteiger partial charge on any atom is -0.462 e. The van der Waals surface area contributed by atoms with Crippen LogP contribution in [0.2, 0.25) is 0 Å². The fourth-order valence-corrected chi connectivity index (χ4v) is 8.95. The topological polar surface area (TPSA) is 78.9 Å². The van der Waals surface area contributed by atoms with Gasteiger partial charge in [-0.05, 0) is 109 Å². The van der Waals surface area contributed by atoms with Crippen molar-refractivity contribution in [1.82, 2.24) is 0 Å². The van der Waals surface area contributed by atoms with E-state index < -0.39 is 6.10 Å². The Bertz CT molecular complexity index is 1360. The van der Waals surface area contributed by atoms with Crippen LogP contribution in [0.1, 0.15) is 316 Å². The number of ether oxygens (including phenoxy) is 3. The number of hydrogen-bond donors (Lipinski definition) is 0. The first-order valence-electron chi connectivity index (χ1n) is 31.4. The normalized spacial score (nSPS) is 12.5. The summed E-state index contributed by atoms with van der Waals surface area (Å²) < 4.78 is 16.9. The van der Waals surface area contributed by atoms with Gasteiger partial charge in [0, 0.05) is 19.3 Å². The summed E-state index contributed by atoms with van der Waals surface area (Å²) in [5, 5.41) is 0. The molecule has 0 rings (SSSR count). The van der Waals surface area contributed by atoms with Crippen molar-refractivity contribution in [3.05, 3.63) is 72.9 Å². The summed E-state index contributed by atoms with van der Waals surface area (Å²) in [6, 6.07) is 0. The van der Waals surface area contributed by atoms with Crippen molar-refractivity contribution in [3.63, 3.8) is 0 Å². The summed E-state index contributed by atoms with van der Waals surface area (Å²) in [7, 11) is 0. The SMILES string of the molecule is CC/C=C\C/C=C\C/C=C\CCCCCCCCCC(=O)OC(COC(=O)CCCCCCC/C=C\CCCCCCCC)COC(=O)CCCCCCCCCCCCC/C=C\C/C=C\CCCCCCC. The number of unbranched alkanes of at least 4 members (excludes halogenated alkanes) is 34. The van der Waals surface area contributed by atoms with Crippen LogP contribution in [0.25, 0.3) is 0 Å². The maximum atomic E-state index is 12.9. The van der Waals surface area contributed by atoms with E-state index in [1.165, 1.54) is 180 Å². The van der Waals surface area contributed by atoms with Crippen LogP contribution in [-0.2, 0) is 28.6 Å². The van der Waals surface area contributed by atoms with Crippen molar-refractivity contribution in [2.45, 2.75) is 322 Å². The van der Waals surface area contributed by atoms with Crippen LogP contribution >= 0.6 is 0 Å².